The number of ether oxygens (including phenoxy) is 1. The Morgan fingerprint density at radius 2 is 2.21 bits per heavy atom. The van der Waals surface area contributed by atoms with E-state index >= 15 is 0 Å². The SMILES string of the molecule is CC(C)(CCO)CNC(=O)C1Cc2ccccc2O1. The zero-order valence-electron chi connectivity index (χ0n) is 11.5. The number of hydrogen-bond donors (Lipinski definition) is 2. The van der Waals surface area contributed by atoms with Gasteiger partial charge >= 0.3 is 0 Å². The summed E-state index contributed by atoms with van der Waals surface area (Å²) in [6.07, 6.45) is 0.865. The van der Waals surface area contributed by atoms with Gasteiger partial charge in [0.2, 0.25) is 0 Å². The van der Waals surface area contributed by atoms with E-state index in [2.05, 4.69) is 5.32 Å². The Kier molecular flexibility index (Phi) is 4.10. The summed E-state index contributed by atoms with van der Waals surface area (Å²) in [6.45, 7) is 4.72. The highest BCUT2D eigenvalue weighted by molar-refractivity contribution is 5.82. The summed E-state index contributed by atoms with van der Waals surface area (Å²) in [6, 6.07) is 7.73. The van der Waals surface area contributed by atoms with Crippen LogP contribution in [0.2, 0.25) is 0 Å². The molecule has 0 radical (unpaired) electrons. The van der Waals surface area contributed by atoms with Crippen LogP contribution in [-0.2, 0) is 11.2 Å². The third kappa shape index (κ3) is 3.47. The summed E-state index contributed by atoms with van der Waals surface area (Å²) >= 11 is 0. The Balaban J connectivity index is 1.86. The van der Waals surface area contributed by atoms with Crippen molar-refractivity contribution < 1.29 is 14.6 Å². The maximum Gasteiger partial charge on any atom is 0.261 e. The van der Waals surface area contributed by atoms with E-state index < -0.39 is 6.10 Å². The molecule has 1 unspecified atom stereocenters. The molecule has 1 aromatic carbocycles. The average molecular weight is 263 g/mol. The molecule has 1 aliphatic heterocycles. The zero-order chi connectivity index (χ0) is 13.9. The highest BCUT2D eigenvalue weighted by Gasteiger charge is 2.29. The van der Waals surface area contributed by atoms with Gasteiger partial charge in [0.1, 0.15) is 5.75 Å². The smallest absolute Gasteiger partial charge is 0.261 e. The van der Waals surface area contributed by atoms with Crippen molar-refractivity contribution in [2.45, 2.75) is 32.8 Å². The summed E-state index contributed by atoms with van der Waals surface area (Å²) in [5, 5.41) is 11.9. The Bertz CT molecular complexity index is 431. The molecule has 0 aliphatic carbocycles. The van der Waals surface area contributed by atoms with E-state index in [-0.39, 0.29) is 17.9 Å². The number of benzene rings is 1. The van der Waals surface area contributed by atoms with Crippen molar-refractivity contribution in [3.05, 3.63) is 29.8 Å². The minimum Gasteiger partial charge on any atom is -0.480 e. The van der Waals surface area contributed by atoms with Crippen LogP contribution in [0.15, 0.2) is 24.3 Å². The molecule has 1 heterocycles. The van der Waals surface area contributed by atoms with Crippen LogP contribution < -0.4 is 10.1 Å². The molecule has 104 valence electrons. The van der Waals surface area contributed by atoms with Gasteiger partial charge in [-0.3, -0.25) is 4.79 Å². The lowest BCUT2D eigenvalue weighted by Crippen LogP contribution is -2.42. The fourth-order valence-corrected chi connectivity index (χ4v) is 2.16. The number of rotatable bonds is 5. The van der Waals surface area contributed by atoms with Crippen LogP contribution in [-0.4, -0.2) is 30.3 Å². The van der Waals surface area contributed by atoms with Crippen molar-refractivity contribution in [3.63, 3.8) is 0 Å². The van der Waals surface area contributed by atoms with Crippen molar-refractivity contribution >= 4 is 5.91 Å². The first-order chi connectivity index (χ1) is 9.02. The molecule has 0 saturated carbocycles. The predicted octanol–water partition coefficient (Wildman–Crippen LogP) is 1.51. The molecule has 0 aromatic heterocycles. The molecule has 0 spiro atoms. The second-order valence-electron chi connectivity index (χ2n) is 5.77. The lowest BCUT2D eigenvalue weighted by molar-refractivity contribution is -0.127. The zero-order valence-corrected chi connectivity index (χ0v) is 11.5. The minimum atomic E-state index is -0.428. The molecule has 4 nitrogen and oxygen atoms in total. The third-order valence-corrected chi connectivity index (χ3v) is 3.47. The Hall–Kier alpha value is -1.55. The van der Waals surface area contributed by atoms with Gasteiger partial charge in [-0.2, -0.15) is 0 Å². The first-order valence-corrected chi connectivity index (χ1v) is 6.65. The first kappa shape index (κ1) is 13.9. The normalized spacial score (nSPS) is 17.7. The first-order valence-electron chi connectivity index (χ1n) is 6.65. The number of nitrogens with one attached hydrogen (secondary N) is 1. The van der Waals surface area contributed by atoms with Crippen LogP contribution in [0.5, 0.6) is 5.75 Å². The number of carbonyl (C=O) groups excluding carboxylic acids is 1. The van der Waals surface area contributed by atoms with Gasteiger partial charge in [0.15, 0.2) is 6.10 Å². The predicted molar refractivity (Wildman–Crippen MR) is 73.1 cm³/mol. The minimum absolute atomic E-state index is 0.0813. The lowest BCUT2D eigenvalue weighted by atomic mass is 9.89. The van der Waals surface area contributed by atoms with E-state index in [9.17, 15) is 4.79 Å². The fraction of sp³-hybridized carbons (Fsp3) is 0.533. The standard InChI is InChI=1S/C15H21NO3/c1-15(2,7-8-17)10-16-14(18)13-9-11-5-3-4-6-12(11)19-13/h3-6,13,17H,7-10H2,1-2H3,(H,16,18). The van der Waals surface area contributed by atoms with E-state index in [1.807, 2.05) is 38.1 Å². The Morgan fingerprint density at radius 3 is 2.89 bits per heavy atom. The van der Waals surface area contributed by atoms with Gasteiger partial charge in [-0.25, -0.2) is 0 Å². The van der Waals surface area contributed by atoms with E-state index in [1.165, 1.54) is 0 Å². The lowest BCUT2D eigenvalue weighted by Gasteiger charge is -2.24. The number of amides is 1. The number of hydrogen-bond acceptors (Lipinski definition) is 3. The molecule has 4 heteroatoms. The molecule has 1 atom stereocenters. The Morgan fingerprint density at radius 1 is 1.47 bits per heavy atom. The largest absolute Gasteiger partial charge is 0.480 e. The van der Waals surface area contributed by atoms with Crippen LogP contribution in [0.1, 0.15) is 25.8 Å². The fourth-order valence-electron chi connectivity index (χ4n) is 2.16. The second kappa shape index (κ2) is 5.61. The second-order valence-corrected chi connectivity index (χ2v) is 5.77. The topological polar surface area (TPSA) is 58.6 Å². The van der Waals surface area contributed by atoms with Crippen LogP contribution in [0.4, 0.5) is 0 Å². The van der Waals surface area contributed by atoms with Gasteiger partial charge in [-0.1, -0.05) is 32.0 Å². The van der Waals surface area contributed by atoms with Gasteiger partial charge < -0.3 is 15.2 Å². The van der Waals surface area contributed by atoms with E-state index in [0.29, 0.717) is 19.4 Å². The van der Waals surface area contributed by atoms with E-state index in [4.69, 9.17) is 9.84 Å². The van der Waals surface area contributed by atoms with Crippen LogP contribution in [0, 0.1) is 5.41 Å². The number of aliphatic hydroxyl groups excluding tert-OH is 1. The van der Waals surface area contributed by atoms with Crippen molar-refractivity contribution in [3.8, 4) is 5.75 Å². The summed E-state index contributed by atoms with van der Waals surface area (Å²) in [4.78, 5) is 12.1. The van der Waals surface area contributed by atoms with Gasteiger partial charge in [-0.15, -0.1) is 0 Å². The molecular weight excluding hydrogens is 242 g/mol. The Labute approximate surface area is 113 Å². The molecule has 1 amide bonds. The molecule has 0 bridgehead atoms. The van der Waals surface area contributed by atoms with Crippen molar-refractivity contribution in [1.82, 2.24) is 5.32 Å². The highest BCUT2D eigenvalue weighted by Crippen LogP contribution is 2.28. The van der Waals surface area contributed by atoms with Gasteiger partial charge in [0.25, 0.3) is 5.91 Å². The quantitative estimate of drug-likeness (QED) is 0.846. The maximum absolute atomic E-state index is 12.1. The highest BCUT2D eigenvalue weighted by atomic mass is 16.5. The summed E-state index contributed by atoms with van der Waals surface area (Å²) < 4.78 is 5.63. The molecule has 1 aliphatic rings. The van der Waals surface area contributed by atoms with Crippen LogP contribution in [0.25, 0.3) is 0 Å². The summed E-state index contributed by atoms with van der Waals surface area (Å²) in [7, 11) is 0. The summed E-state index contributed by atoms with van der Waals surface area (Å²) in [5.74, 6) is 0.722. The van der Waals surface area contributed by atoms with Gasteiger partial charge in [0, 0.05) is 19.6 Å². The molecule has 1 aromatic rings. The molecule has 19 heavy (non-hydrogen) atoms. The molecule has 2 N–H and O–H groups in total. The van der Waals surface area contributed by atoms with Crippen molar-refractivity contribution in [2.75, 3.05) is 13.2 Å². The van der Waals surface area contributed by atoms with E-state index in [0.717, 1.165) is 11.3 Å². The van der Waals surface area contributed by atoms with Gasteiger partial charge in [-0.05, 0) is 23.5 Å². The maximum atomic E-state index is 12.1. The molecule has 2 rings (SSSR count). The number of aliphatic hydroxyl groups is 1. The number of fused-ring (bicyclic) bond motifs is 1. The average Bonchev–Trinajstić information content (AvgIpc) is 2.79. The number of para-hydroxylation sites is 1. The monoisotopic (exact) mass is 263 g/mol. The van der Waals surface area contributed by atoms with Crippen LogP contribution >= 0.6 is 0 Å². The van der Waals surface area contributed by atoms with Crippen molar-refractivity contribution in [1.29, 1.82) is 0 Å². The molecular formula is C15H21NO3. The molecule has 0 fully saturated rings. The van der Waals surface area contributed by atoms with Crippen molar-refractivity contribution in [2.24, 2.45) is 5.41 Å². The molecule has 0 saturated heterocycles. The number of carbonyl (C=O) groups is 1. The van der Waals surface area contributed by atoms with Gasteiger partial charge in [0.05, 0.1) is 0 Å². The third-order valence-electron chi connectivity index (χ3n) is 3.47. The summed E-state index contributed by atoms with van der Waals surface area (Å²) in [5.41, 5.74) is 0.979. The van der Waals surface area contributed by atoms with E-state index in [1.54, 1.807) is 0 Å². The van der Waals surface area contributed by atoms with Crippen LogP contribution in [0.3, 0.4) is 0 Å².